The summed E-state index contributed by atoms with van der Waals surface area (Å²) in [5.41, 5.74) is 1.50. The van der Waals surface area contributed by atoms with Crippen LogP contribution < -0.4 is 15.4 Å². The Morgan fingerprint density at radius 1 is 1.19 bits per heavy atom. The van der Waals surface area contributed by atoms with E-state index in [0.29, 0.717) is 30.0 Å². The van der Waals surface area contributed by atoms with Crippen molar-refractivity contribution in [1.82, 2.24) is 15.1 Å². The van der Waals surface area contributed by atoms with Crippen LogP contribution in [0.25, 0.3) is 0 Å². The molecular weight excluding hydrogens is 464 g/mol. The van der Waals surface area contributed by atoms with E-state index in [2.05, 4.69) is 10.6 Å². The molecule has 2 aromatic carbocycles. The number of hydrogen-bond acceptors (Lipinski definition) is 6. The molecule has 1 aliphatic carbocycles. The maximum atomic E-state index is 13.5. The highest BCUT2D eigenvalue weighted by atomic mass is 16.6. The lowest BCUT2D eigenvalue weighted by molar-refractivity contribution is -0.142. The van der Waals surface area contributed by atoms with Crippen molar-refractivity contribution in [2.45, 2.75) is 37.3 Å². The van der Waals surface area contributed by atoms with Crippen LogP contribution in [0.2, 0.25) is 0 Å². The van der Waals surface area contributed by atoms with E-state index in [1.807, 2.05) is 24.3 Å². The summed E-state index contributed by atoms with van der Waals surface area (Å²) in [6.45, 7) is 0.179. The fourth-order valence-electron chi connectivity index (χ4n) is 5.41. The van der Waals surface area contributed by atoms with Crippen LogP contribution in [-0.4, -0.2) is 61.0 Å². The van der Waals surface area contributed by atoms with Gasteiger partial charge in [-0.15, -0.1) is 0 Å². The van der Waals surface area contributed by atoms with Gasteiger partial charge in [-0.05, 0) is 54.7 Å². The fourth-order valence-corrected chi connectivity index (χ4v) is 5.41. The number of nitrogens with zero attached hydrogens (tertiary/aromatic N) is 2. The predicted octanol–water partition coefficient (Wildman–Crippen LogP) is 2.93. The van der Waals surface area contributed by atoms with Gasteiger partial charge >= 0.3 is 12.1 Å². The SMILES string of the molecule is CNC(=O)Nc1ccc2c(c1)CCC21OC(=O)N(CC(=O)N2CCCC2c2cccc(OC)c2)C1=O. The molecule has 10 nitrogen and oxygen atoms in total. The summed E-state index contributed by atoms with van der Waals surface area (Å²) in [5, 5.41) is 5.19. The lowest BCUT2D eigenvalue weighted by atomic mass is 9.94. The number of carbonyl (C=O) groups excluding carboxylic acids is 4. The topological polar surface area (TPSA) is 117 Å². The van der Waals surface area contributed by atoms with Gasteiger partial charge in [0.25, 0.3) is 5.91 Å². The number of nitrogens with one attached hydrogen (secondary N) is 2. The number of urea groups is 1. The van der Waals surface area contributed by atoms with E-state index in [0.717, 1.165) is 28.9 Å². The van der Waals surface area contributed by atoms with Crippen LogP contribution in [0, 0.1) is 0 Å². The highest BCUT2D eigenvalue weighted by molar-refractivity contribution is 6.06. The number of aryl methyl sites for hydroxylation is 1. The first-order valence-electron chi connectivity index (χ1n) is 12.0. The second-order valence-corrected chi connectivity index (χ2v) is 9.18. The smallest absolute Gasteiger partial charge is 0.418 e. The molecule has 0 aromatic heterocycles. The van der Waals surface area contributed by atoms with Gasteiger partial charge in [0, 0.05) is 31.3 Å². The number of rotatable bonds is 5. The predicted molar refractivity (Wildman–Crippen MR) is 129 cm³/mol. The summed E-state index contributed by atoms with van der Waals surface area (Å²) < 4.78 is 11.0. The molecule has 5 rings (SSSR count). The molecule has 2 N–H and O–H groups in total. The maximum absolute atomic E-state index is 13.5. The third-order valence-corrected chi connectivity index (χ3v) is 7.19. The Kier molecular flexibility index (Phi) is 6.03. The van der Waals surface area contributed by atoms with Crippen molar-refractivity contribution in [3.05, 3.63) is 59.2 Å². The van der Waals surface area contributed by atoms with Crippen molar-refractivity contribution in [3.63, 3.8) is 0 Å². The molecule has 2 aliphatic heterocycles. The van der Waals surface area contributed by atoms with Crippen molar-refractivity contribution >= 4 is 29.6 Å². The Balaban J connectivity index is 1.33. The van der Waals surface area contributed by atoms with Crippen molar-refractivity contribution in [3.8, 4) is 5.75 Å². The van der Waals surface area contributed by atoms with E-state index in [9.17, 15) is 19.2 Å². The Hall–Kier alpha value is -4.08. The second-order valence-electron chi connectivity index (χ2n) is 9.18. The molecular formula is C26H28N4O6. The minimum Gasteiger partial charge on any atom is -0.497 e. The molecule has 0 radical (unpaired) electrons. The molecule has 2 aromatic rings. The van der Waals surface area contributed by atoms with Crippen LogP contribution in [0.15, 0.2) is 42.5 Å². The monoisotopic (exact) mass is 492 g/mol. The molecule has 2 atom stereocenters. The highest BCUT2D eigenvalue weighted by Gasteiger charge is 2.58. The lowest BCUT2D eigenvalue weighted by Crippen LogP contribution is -2.44. The standard InChI is InChI=1S/C26H28N4O6/c1-27-24(33)28-18-8-9-20-16(13-18)10-11-26(20)23(32)30(25(34)36-26)15-22(31)29-12-4-7-21(29)17-5-3-6-19(14-17)35-2/h3,5-6,8-9,13-14,21H,4,7,10-12,15H2,1-2H3,(H2,27,28,33). The first-order valence-corrected chi connectivity index (χ1v) is 12.0. The van der Waals surface area contributed by atoms with E-state index < -0.39 is 17.6 Å². The molecule has 188 valence electrons. The number of ether oxygens (including phenoxy) is 2. The molecule has 0 bridgehead atoms. The zero-order valence-corrected chi connectivity index (χ0v) is 20.2. The van der Waals surface area contributed by atoms with Gasteiger partial charge in [-0.1, -0.05) is 18.2 Å². The molecule has 2 unspecified atom stereocenters. The summed E-state index contributed by atoms with van der Waals surface area (Å²) in [4.78, 5) is 53.9. The number of fused-ring (bicyclic) bond motifs is 2. The van der Waals surface area contributed by atoms with E-state index in [1.165, 1.54) is 7.05 Å². The van der Waals surface area contributed by atoms with Crippen LogP contribution >= 0.6 is 0 Å². The minimum atomic E-state index is -1.44. The molecule has 2 heterocycles. The summed E-state index contributed by atoms with van der Waals surface area (Å²) in [7, 11) is 3.11. The summed E-state index contributed by atoms with van der Waals surface area (Å²) in [5.74, 6) is -0.115. The van der Waals surface area contributed by atoms with Crippen molar-refractivity contribution in [1.29, 1.82) is 0 Å². The third-order valence-electron chi connectivity index (χ3n) is 7.19. The van der Waals surface area contributed by atoms with Gasteiger partial charge in [0.1, 0.15) is 12.3 Å². The van der Waals surface area contributed by atoms with Gasteiger partial charge in [-0.2, -0.15) is 0 Å². The largest absolute Gasteiger partial charge is 0.497 e. The van der Waals surface area contributed by atoms with Crippen LogP contribution in [0.3, 0.4) is 0 Å². The minimum absolute atomic E-state index is 0.145. The van der Waals surface area contributed by atoms with Gasteiger partial charge in [0.05, 0.1) is 13.2 Å². The quantitative estimate of drug-likeness (QED) is 0.663. The van der Waals surface area contributed by atoms with E-state index in [4.69, 9.17) is 9.47 Å². The average Bonchev–Trinajstić information content (AvgIpc) is 3.58. The van der Waals surface area contributed by atoms with Gasteiger partial charge in [0.15, 0.2) is 0 Å². The Bertz CT molecular complexity index is 1250. The number of likely N-dealkylation sites (tertiary alicyclic amines) is 1. The molecule has 2 saturated heterocycles. The molecule has 10 heteroatoms. The third kappa shape index (κ3) is 3.92. The van der Waals surface area contributed by atoms with Crippen molar-refractivity contribution < 1.29 is 28.7 Å². The highest BCUT2D eigenvalue weighted by Crippen LogP contribution is 2.46. The Labute approximate surface area is 208 Å². The van der Waals surface area contributed by atoms with E-state index >= 15 is 0 Å². The first-order chi connectivity index (χ1) is 17.4. The van der Waals surface area contributed by atoms with Gasteiger partial charge in [-0.25, -0.2) is 14.5 Å². The number of amides is 5. The fraction of sp³-hybridized carbons (Fsp3) is 0.385. The zero-order valence-electron chi connectivity index (χ0n) is 20.2. The number of imide groups is 1. The summed E-state index contributed by atoms with van der Waals surface area (Å²) >= 11 is 0. The molecule has 1 spiro atoms. The van der Waals surface area contributed by atoms with Gasteiger partial charge in [0.2, 0.25) is 11.5 Å². The number of carbonyl (C=O) groups is 4. The van der Waals surface area contributed by atoms with Crippen LogP contribution in [0.4, 0.5) is 15.3 Å². The lowest BCUT2D eigenvalue weighted by Gasteiger charge is -2.27. The van der Waals surface area contributed by atoms with Crippen LogP contribution in [0.5, 0.6) is 5.75 Å². The molecule has 0 saturated carbocycles. The van der Waals surface area contributed by atoms with Crippen molar-refractivity contribution in [2.24, 2.45) is 0 Å². The molecule has 5 amide bonds. The normalized spacial score (nSPS) is 22.6. The van der Waals surface area contributed by atoms with E-state index in [1.54, 1.807) is 30.2 Å². The van der Waals surface area contributed by atoms with Gasteiger partial charge < -0.3 is 25.0 Å². The number of methoxy groups -OCH3 is 1. The number of hydrogen-bond donors (Lipinski definition) is 2. The molecule has 36 heavy (non-hydrogen) atoms. The Morgan fingerprint density at radius 2 is 2.03 bits per heavy atom. The second kappa shape index (κ2) is 9.18. The first kappa shape index (κ1) is 23.7. The van der Waals surface area contributed by atoms with Gasteiger partial charge in [-0.3, -0.25) is 9.59 Å². The Morgan fingerprint density at radius 3 is 2.81 bits per heavy atom. The molecule has 3 aliphatic rings. The number of benzene rings is 2. The zero-order chi connectivity index (χ0) is 25.4. The summed E-state index contributed by atoms with van der Waals surface area (Å²) in [6, 6.07) is 12.2. The molecule has 2 fully saturated rings. The average molecular weight is 493 g/mol. The maximum Gasteiger partial charge on any atom is 0.418 e. The van der Waals surface area contributed by atoms with Crippen molar-refractivity contribution in [2.75, 3.05) is 32.6 Å². The van der Waals surface area contributed by atoms with Crippen LogP contribution in [0.1, 0.15) is 42.0 Å². The van der Waals surface area contributed by atoms with Crippen LogP contribution in [-0.2, 0) is 26.3 Å². The van der Waals surface area contributed by atoms with E-state index in [-0.39, 0.29) is 30.9 Å². The summed E-state index contributed by atoms with van der Waals surface area (Å²) in [6.07, 6.45) is 1.60. The number of anilines is 1.